The summed E-state index contributed by atoms with van der Waals surface area (Å²) in [4.78, 5) is 11.4. The van der Waals surface area contributed by atoms with Gasteiger partial charge in [0.2, 0.25) is 0 Å². The first-order valence-corrected chi connectivity index (χ1v) is 5.56. The highest BCUT2D eigenvalue weighted by Gasteiger charge is 2.15. The van der Waals surface area contributed by atoms with Crippen molar-refractivity contribution in [2.45, 2.75) is 32.1 Å². The summed E-state index contributed by atoms with van der Waals surface area (Å²) in [5.74, 6) is 0.269. The van der Waals surface area contributed by atoms with Gasteiger partial charge in [-0.1, -0.05) is 25.3 Å². The number of hydrogen-bond acceptors (Lipinski definition) is 3. The number of methoxy groups -OCH3 is 2. The lowest BCUT2D eigenvalue weighted by Crippen LogP contribution is -2.13. The van der Waals surface area contributed by atoms with E-state index >= 15 is 0 Å². The van der Waals surface area contributed by atoms with Crippen LogP contribution in [0.2, 0.25) is 0 Å². The minimum absolute atomic E-state index is 0.262. The van der Waals surface area contributed by atoms with Crippen LogP contribution in [0.1, 0.15) is 32.1 Å². The van der Waals surface area contributed by atoms with Gasteiger partial charge >= 0.3 is 5.97 Å². The van der Waals surface area contributed by atoms with Crippen LogP contribution in [0.4, 0.5) is 0 Å². The van der Waals surface area contributed by atoms with Crippen molar-refractivity contribution in [3.8, 4) is 0 Å². The Balaban J connectivity index is 2.59. The van der Waals surface area contributed by atoms with Crippen LogP contribution < -0.4 is 0 Å². The molecule has 0 aromatic heterocycles. The SMILES string of the molecule is COCC(=CC1CCCCC1)C(=O)OC. The van der Waals surface area contributed by atoms with Crippen molar-refractivity contribution in [3.05, 3.63) is 11.6 Å². The molecule has 0 radical (unpaired) electrons. The minimum atomic E-state index is -0.262. The molecule has 0 heterocycles. The smallest absolute Gasteiger partial charge is 0.335 e. The topological polar surface area (TPSA) is 35.5 Å². The van der Waals surface area contributed by atoms with Crippen molar-refractivity contribution in [1.82, 2.24) is 0 Å². The summed E-state index contributed by atoms with van der Waals surface area (Å²) in [6.45, 7) is 0.350. The summed E-state index contributed by atoms with van der Waals surface area (Å²) in [6, 6.07) is 0. The van der Waals surface area contributed by atoms with Gasteiger partial charge in [-0.25, -0.2) is 4.79 Å². The van der Waals surface area contributed by atoms with E-state index < -0.39 is 0 Å². The number of carbonyl (C=O) groups excluding carboxylic acids is 1. The van der Waals surface area contributed by atoms with Gasteiger partial charge in [0, 0.05) is 7.11 Å². The Morgan fingerprint density at radius 3 is 2.47 bits per heavy atom. The van der Waals surface area contributed by atoms with Crippen molar-refractivity contribution in [2.75, 3.05) is 20.8 Å². The van der Waals surface area contributed by atoms with E-state index in [2.05, 4.69) is 0 Å². The molecule has 1 aliphatic carbocycles. The van der Waals surface area contributed by atoms with E-state index in [1.54, 1.807) is 7.11 Å². The molecule has 0 amide bonds. The van der Waals surface area contributed by atoms with E-state index in [0.717, 1.165) is 0 Å². The molecule has 0 aliphatic heterocycles. The molecule has 3 nitrogen and oxygen atoms in total. The van der Waals surface area contributed by atoms with Gasteiger partial charge in [0.1, 0.15) is 0 Å². The molecule has 1 fully saturated rings. The molecule has 86 valence electrons. The second-order valence-corrected chi connectivity index (χ2v) is 4.01. The Morgan fingerprint density at radius 2 is 1.93 bits per heavy atom. The average Bonchev–Trinajstić information content (AvgIpc) is 2.29. The van der Waals surface area contributed by atoms with Crippen LogP contribution in [0.3, 0.4) is 0 Å². The number of ether oxygens (including phenoxy) is 2. The van der Waals surface area contributed by atoms with Gasteiger partial charge in [-0.3, -0.25) is 0 Å². The van der Waals surface area contributed by atoms with E-state index in [4.69, 9.17) is 9.47 Å². The quantitative estimate of drug-likeness (QED) is 0.530. The second-order valence-electron chi connectivity index (χ2n) is 4.01. The van der Waals surface area contributed by atoms with Gasteiger partial charge in [-0.2, -0.15) is 0 Å². The zero-order valence-corrected chi connectivity index (χ0v) is 9.62. The van der Waals surface area contributed by atoms with Gasteiger partial charge < -0.3 is 9.47 Å². The molecule has 1 rings (SSSR count). The van der Waals surface area contributed by atoms with Crippen molar-refractivity contribution >= 4 is 5.97 Å². The molecule has 0 spiro atoms. The zero-order valence-electron chi connectivity index (χ0n) is 9.62. The Hall–Kier alpha value is -0.830. The Kier molecular flexibility index (Phi) is 5.40. The molecule has 0 N–H and O–H groups in total. The van der Waals surface area contributed by atoms with Crippen molar-refractivity contribution < 1.29 is 14.3 Å². The molecule has 3 heteroatoms. The summed E-state index contributed by atoms with van der Waals surface area (Å²) in [6.07, 6.45) is 8.26. The van der Waals surface area contributed by atoms with Crippen molar-refractivity contribution in [3.63, 3.8) is 0 Å². The number of esters is 1. The summed E-state index contributed by atoms with van der Waals surface area (Å²) >= 11 is 0. The molecule has 0 aromatic rings. The van der Waals surface area contributed by atoms with E-state index in [1.165, 1.54) is 39.2 Å². The molecule has 15 heavy (non-hydrogen) atoms. The monoisotopic (exact) mass is 212 g/mol. The lowest BCUT2D eigenvalue weighted by atomic mass is 9.88. The lowest BCUT2D eigenvalue weighted by molar-refractivity contribution is -0.136. The van der Waals surface area contributed by atoms with Crippen LogP contribution in [-0.4, -0.2) is 26.8 Å². The lowest BCUT2D eigenvalue weighted by Gasteiger charge is -2.19. The average molecular weight is 212 g/mol. The molecular formula is C12H20O3. The van der Waals surface area contributed by atoms with Crippen LogP contribution in [0, 0.1) is 5.92 Å². The van der Waals surface area contributed by atoms with E-state index in [0.29, 0.717) is 18.1 Å². The highest BCUT2D eigenvalue weighted by molar-refractivity contribution is 5.88. The largest absolute Gasteiger partial charge is 0.466 e. The maximum absolute atomic E-state index is 11.4. The number of carbonyl (C=O) groups is 1. The third-order valence-corrected chi connectivity index (χ3v) is 2.83. The Bertz CT molecular complexity index is 227. The fraction of sp³-hybridized carbons (Fsp3) is 0.750. The van der Waals surface area contributed by atoms with Gasteiger partial charge in [0.25, 0.3) is 0 Å². The van der Waals surface area contributed by atoms with Crippen molar-refractivity contribution in [1.29, 1.82) is 0 Å². The third kappa shape index (κ3) is 4.04. The Labute approximate surface area is 91.4 Å². The van der Waals surface area contributed by atoms with Crippen LogP contribution >= 0.6 is 0 Å². The number of allylic oxidation sites excluding steroid dienone is 1. The molecule has 1 saturated carbocycles. The summed E-state index contributed by atoms with van der Waals surface area (Å²) < 4.78 is 9.72. The Morgan fingerprint density at radius 1 is 1.27 bits per heavy atom. The summed E-state index contributed by atoms with van der Waals surface area (Å²) in [5, 5.41) is 0. The van der Waals surface area contributed by atoms with E-state index in [9.17, 15) is 4.79 Å². The third-order valence-electron chi connectivity index (χ3n) is 2.83. The molecule has 0 aromatic carbocycles. The van der Waals surface area contributed by atoms with Crippen LogP contribution in [-0.2, 0) is 14.3 Å². The fourth-order valence-electron chi connectivity index (χ4n) is 2.05. The second kappa shape index (κ2) is 6.62. The summed E-state index contributed by atoms with van der Waals surface area (Å²) in [5.41, 5.74) is 0.659. The predicted octanol–water partition coefficient (Wildman–Crippen LogP) is 2.31. The van der Waals surface area contributed by atoms with E-state index in [-0.39, 0.29) is 5.97 Å². The molecule has 0 saturated heterocycles. The highest BCUT2D eigenvalue weighted by atomic mass is 16.5. The highest BCUT2D eigenvalue weighted by Crippen LogP contribution is 2.25. The first-order chi connectivity index (χ1) is 7.27. The van der Waals surface area contributed by atoms with Gasteiger partial charge in [0.05, 0.1) is 19.3 Å². The minimum Gasteiger partial charge on any atom is -0.466 e. The first kappa shape index (κ1) is 12.2. The first-order valence-electron chi connectivity index (χ1n) is 5.56. The van der Waals surface area contributed by atoms with E-state index in [1.807, 2.05) is 6.08 Å². The zero-order chi connectivity index (χ0) is 11.1. The van der Waals surface area contributed by atoms with Crippen LogP contribution in [0.15, 0.2) is 11.6 Å². The maximum Gasteiger partial charge on any atom is 0.335 e. The van der Waals surface area contributed by atoms with Gasteiger partial charge in [-0.05, 0) is 18.8 Å². The van der Waals surface area contributed by atoms with Gasteiger partial charge in [0.15, 0.2) is 0 Å². The predicted molar refractivity (Wildman–Crippen MR) is 58.6 cm³/mol. The van der Waals surface area contributed by atoms with Crippen molar-refractivity contribution in [2.24, 2.45) is 5.92 Å². The normalized spacial score (nSPS) is 18.9. The maximum atomic E-state index is 11.4. The van der Waals surface area contributed by atoms with Crippen LogP contribution in [0.25, 0.3) is 0 Å². The molecule has 0 atom stereocenters. The fourth-order valence-corrected chi connectivity index (χ4v) is 2.05. The molecule has 1 aliphatic rings. The van der Waals surface area contributed by atoms with Gasteiger partial charge in [-0.15, -0.1) is 0 Å². The summed E-state index contributed by atoms with van der Waals surface area (Å²) in [7, 11) is 3.00. The standard InChI is InChI=1S/C12H20O3/c1-14-9-11(12(13)15-2)8-10-6-4-3-5-7-10/h8,10H,3-7,9H2,1-2H3. The number of hydrogen-bond donors (Lipinski definition) is 0. The molecule has 0 bridgehead atoms. The van der Waals surface area contributed by atoms with Crippen LogP contribution in [0.5, 0.6) is 0 Å². The molecule has 0 unspecified atom stereocenters. The number of rotatable bonds is 4. The molecular weight excluding hydrogens is 192 g/mol.